The SMILES string of the molecule is CC1CCN(C(=O)CN2Cc3ccccc3C[C@H]2C(N)=O)c2ccccc2S1. The van der Waals surface area contributed by atoms with Gasteiger partial charge in [0, 0.05) is 23.2 Å². The van der Waals surface area contributed by atoms with Crippen LogP contribution in [-0.4, -0.2) is 41.1 Å². The first-order valence-corrected chi connectivity index (χ1v) is 10.6. The van der Waals surface area contributed by atoms with E-state index in [4.69, 9.17) is 5.73 Å². The quantitative estimate of drug-likeness (QED) is 0.868. The molecule has 0 saturated carbocycles. The van der Waals surface area contributed by atoms with E-state index in [9.17, 15) is 9.59 Å². The van der Waals surface area contributed by atoms with Crippen LogP contribution in [0, 0.1) is 0 Å². The molecule has 2 amide bonds. The average Bonchev–Trinajstić information content (AvgIpc) is 2.85. The molecule has 0 aromatic heterocycles. The van der Waals surface area contributed by atoms with Crippen molar-refractivity contribution >= 4 is 29.3 Å². The first kappa shape index (κ1) is 19.0. The first-order valence-electron chi connectivity index (χ1n) is 9.69. The van der Waals surface area contributed by atoms with E-state index >= 15 is 0 Å². The number of thioether (sulfide) groups is 1. The van der Waals surface area contributed by atoms with Crippen LogP contribution in [0.4, 0.5) is 5.69 Å². The van der Waals surface area contributed by atoms with E-state index in [1.807, 2.05) is 58.0 Å². The summed E-state index contributed by atoms with van der Waals surface area (Å²) in [6.45, 7) is 3.64. The van der Waals surface area contributed by atoms with Crippen LogP contribution in [-0.2, 0) is 22.6 Å². The molecule has 0 saturated heterocycles. The number of hydrogen-bond donors (Lipinski definition) is 1. The lowest BCUT2D eigenvalue weighted by Gasteiger charge is -2.36. The molecule has 28 heavy (non-hydrogen) atoms. The monoisotopic (exact) mass is 395 g/mol. The summed E-state index contributed by atoms with van der Waals surface area (Å²) in [5.74, 6) is -0.351. The predicted octanol–water partition coefficient (Wildman–Crippen LogP) is 2.82. The second-order valence-electron chi connectivity index (χ2n) is 7.53. The number of hydrogen-bond acceptors (Lipinski definition) is 4. The van der Waals surface area contributed by atoms with Crippen molar-refractivity contribution in [1.82, 2.24) is 4.90 Å². The van der Waals surface area contributed by atoms with Gasteiger partial charge in [0.2, 0.25) is 11.8 Å². The van der Waals surface area contributed by atoms with E-state index in [0.717, 1.165) is 28.1 Å². The van der Waals surface area contributed by atoms with Gasteiger partial charge >= 0.3 is 0 Å². The minimum absolute atomic E-state index is 0.0211. The molecule has 2 aromatic rings. The molecule has 2 aliphatic rings. The maximum Gasteiger partial charge on any atom is 0.241 e. The molecule has 2 aromatic carbocycles. The standard InChI is InChI=1S/C22H25N3O2S/c1-15-10-11-25(18-8-4-5-9-20(18)28-15)21(26)14-24-13-17-7-3-2-6-16(17)12-19(24)22(23)27/h2-9,15,19H,10-14H2,1H3,(H2,23,27)/t15?,19-/m0/s1. The fraction of sp³-hybridized carbons (Fsp3) is 0.364. The van der Waals surface area contributed by atoms with Crippen molar-refractivity contribution in [2.24, 2.45) is 5.73 Å². The molecule has 1 unspecified atom stereocenters. The van der Waals surface area contributed by atoms with E-state index in [1.165, 1.54) is 0 Å². The molecule has 0 radical (unpaired) electrons. The Kier molecular flexibility index (Phi) is 5.42. The highest BCUT2D eigenvalue weighted by molar-refractivity contribution is 8.00. The van der Waals surface area contributed by atoms with Gasteiger partial charge in [-0.15, -0.1) is 11.8 Å². The molecule has 6 heteroatoms. The van der Waals surface area contributed by atoms with Crippen molar-refractivity contribution in [3.63, 3.8) is 0 Å². The van der Waals surface area contributed by atoms with Gasteiger partial charge in [-0.1, -0.05) is 43.3 Å². The van der Waals surface area contributed by atoms with Gasteiger partial charge in [-0.2, -0.15) is 0 Å². The molecule has 0 spiro atoms. The fourth-order valence-corrected chi connectivity index (χ4v) is 5.14. The Morgan fingerprint density at radius 3 is 2.61 bits per heavy atom. The molecule has 0 fully saturated rings. The molecular weight excluding hydrogens is 370 g/mol. The second-order valence-corrected chi connectivity index (χ2v) is 9.01. The van der Waals surface area contributed by atoms with Crippen molar-refractivity contribution < 1.29 is 9.59 Å². The summed E-state index contributed by atoms with van der Waals surface area (Å²) in [5.41, 5.74) is 8.95. The van der Waals surface area contributed by atoms with Gasteiger partial charge in [0.05, 0.1) is 18.3 Å². The van der Waals surface area contributed by atoms with Crippen molar-refractivity contribution in [2.45, 2.75) is 42.5 Å². The Morgan fingerprint density at radius 1 is 1.11 bits per heavy atom. The lowest BCUT2D eigenvalue weighted by molar-refractivity contribution is -0.126. The lowest BCUT2D eigenvalue weighted by Crippen LogP contribution is -2.52. The third-order valence-corrected chi connectivity index (χ3v) is 6.79. The summed E-state index contributed by atoms with van der Waals surface area (Å²) in [6, 6.07) is 15.7. The summed E-state index contributed by atoms with van der Waals surface area (Å²) in [4.78, 5) is 30.3. The minimum Gasteiger partial charge on any atom is -0.368 e. The zero-order chi connectivity index (χ0) is 19.7. The molecule has 4 rings (SSSR count). The number of fused-ring (bicyclic) bond motifs is 2. The lowest BCUT2D eigenvalue weighted by atomic mass is 9.93. The Hall–Kier alpha value is -2.31. The van der Waals surface area contributed by atoms with Crippen molar-refractivity contribution in [3.05, 3.63) is 59.7 Å². The van der Waals surface area contributed by atoms with Crippen LogP contribution in [0.25, 0.3) is 0 Å². The van der Waals surface area contributed by atoms with E-state index in [2.05, 4.69) is 19.1 Å². The highest BCUT2D eigenvalue weighted by Crippen LogP contribution is 2.37. The topological polar surface area (TPSA) is 66.6 Å². The molecular formula is C22H25N3O2S. The Balaban J connectivity index is 1.58. The van der Waals surface area contributed by atoms with Gasteiger partial charge in [-0.3, -0.25) is 14.5 Å². The van der Waals surface area contributed by atoms with Crippen LogP contribution in [0.2, 0.25) is 0 Å². The van der Waals surface area contributed by atoms with Gasteiger partial charge in [0.1, 0.15) is 0 Å². The van der Waals surface area contributed by atoms with Crippen LogP contribution in [0.3, 0.4) is 0 Å². The van der Waals surface area contributed by atoms with Gasteiger partial charge in [-0.25, -0.2) is 0 Å². The summed E-state index contributed by atoms with van der Waals surface area (Å²) < 4.78 is 0. The number of rotatable bonds is 3. The van der Waals surface area contributed by atoms with Crippen LogP contribution in [0.1, 0.15) is 24.5 Å². The van der Waals surface area contributed by atoms with Crippen molar-refractivity contribution in [1.29, 1.82) is 0 Å². The molecule has 0 bridgehead atoms. The third kappa shape index (κ3) is 3.80. The Morgan fingerprint density at radius 2 is 1.82 bits per heavy atom. The number of para-hydroxylation sites is 1. The van der Waals surface area contributed by atoms with E-state index in [1.54, 1.807) is 0 Å². The molecule has 146 valence electrons. The number of carbonyl (C=O) groups is 2. The number of carbonyl (C=O) groups excluding carboxylic acids is 2. The van der Waals surface area contributed by atoms with E-state index in [-0.39, 0.29) is 18.4 Å². The number of anilines is 1. The van der Waals surface area contributed by atoms with Crippen LogP contribution in [0.5, 0.6) is 0 Å². The Labute approximate surface area is 169 Å². The highest BCUT2D eigenvalue weighted by Gasteiger charge is 2.33. The summed E-state index contributed by atoms with van der Waals surface area (Å²) in [6.07, 6.45) is 1.50. The van der Waals surface area contributed by atoms with Gasteiger partial charge in [0.15, 0.2) is 0 Å². The molecule has 5 nitrogen and oxygen atoms in total. The molecule has 2 heterocycles. The maximum atomic E-state index is 13.3. The summed E-state index contributed by atoms with van der Waals surface area (Å²) in [7, 11) is 0. The van der Waals surface area contributed by atoms with E-state index < -0.39 is 6.04 Å². The molecule has 2 atom stereocenters. The van der Waals surface area contributed by atoms with E-state index in [0.29, 0.717) is 24.8 Å². The van der Waals surface area contributed by atoms with Gasteiger partial charge in [-0.05, 0) is 36.1 Å². The fourth-order valence-electron chi connectivity index (χ4n) is 4.03. The molecule has 2 N–H and O–H groups in total. The number of primary amides is 1. The van der Waals surface area contributed by atoms with Crippen molar-refractivity contribution in [2.75, 3.05) is 18.0 Å². The predicted molar refractivity (Wildman–Crippen MR) is 112 cm³/mol. The second kappa shape index (κ2) is 7.97. The third-order valence-electron chi connectivity index (χ3n) is 5.56. The van der Waals surface area contributed by atoms with Crippen LogP contribution < -0.4 is 10.6 Å². The Bertz CT molecular complexity index is 901. The zero-order valence-electron chi connectivity index (χ0n) is 16.0. The maximum absolute atomic E-state index is 13.3. The van der Waals surface area contributed by atoms with Gasteiger partial charge in [0.25, 0.3) is 0 Å². The normalized spacial score (nSPS) is 22.1. The molecule has 0 aliphatic carbocycles. The summed E-state index contributed by atoms with van der Waals surface area (Å²) in [5, 5.41) is 0.458. The van der Waals surface area contributed by atoms with Crippen LogP contribution >= 0.6 is 11.8 Å². The average molecular weight is 396 g/mol. The summed E-state index contributed by atoms with van der Waals surface area (Å²) >= 11 is 1.81. The van der Waals surface area contributed by atoms with Crippen LogP contribution in [0.15, 0.2) is 53.4 Å². The minimum atomic E-state index is -0.450. The first-order chi connectivity index (χ1) is 13.5. The number of nitrogens with zero attached hydrogens (tertiary/aromatic N) is 2. The number of nitrogens with two attached hydrogens (primary N) is 1. The largest absolute Gasteiger partial charge is 0.368 e. The highest BCUT2D eigenvalue weighted by atomic mass is 32.2. The van der Waals surface area contributed by atoms with Crippen molar-refractivity contribution in [3.8, 4) is 0 Å². The smallest absolute Gasteiger partial charge is 0.241 e. The molecule has 2 aliphatic heterocycles. The van der Waals surface area contributed by atoms with Gasteiger partial charge < -0.3 is 10.6 Å². The zero-order valence-corrected chi connectivity index (χ0v) is 16.8. The number of benzene rings is 2. The number of amides is 2.